The molecule has 136 valence electrons. The molecular formula is C19H27N3O3. The summed E-state index contributed by atoms with van der Waals surface area (Å²) >= 11 is 0. The normalized spacial score (nSPS) is 30.4. The molecule has 0 bridgehead atoms. The number of pyridine rings is 1. The highest BCUT2D eigenvalue weighted by atomic mass is 16.5. The SMILES string of the molecule is COc1ncccc1CN1CC[C@@]2(C[C@@H](N3CCCC3=O)CCO2)C1. The first-order chi connectivity index (χ1) is 12.2. The first-order valence-electron chi connectivity index (χ1n) is 9.33. The van der Waals surface area contributed by atoms with Gasteiger partial charge in [0.15, 0.2) is 0 Å². The molecule has 1 spiro atoms. The van der Waals surface area contributed by atoms with E-state index in [2.05, 4.69) is 20.9 Å². The Morgan fingerprint density at radius 3 is 3.16 bits per heavy atom. The molecule has 1 aromatic rings. The number of carbonyl (C=O) groups excluding carboxylic acids is 1. The molecule has 0 N–H and O–H groups in total. The monoisotopic (exact) mass is 345 g/mol. The Kier molecular flexibility index (Phi) is 4.65. The molecule has 0 aromatic carbocycles. The molecule has 6 nitrogen and oxygen atoms in total. The molecule has 2 atom stereocenters. The topological polar surface area (TPSA) is 54.9 Å². The molecule has 0 radical (unpaired) electrons. The summed E-state index contributed by atoms with van der Waals surface area (Å²) in [6.45, 7) is 4.45. The van der Waals surface area contributed by atoms with Crippen LogP contribution >= 0.6 is 0 Å². The van der Waals surface area contributed by atoms with Crippen molar-refractivity contribution >= 4 is 5.91 Å². The Bertz CT molecular complexity index is 638. The van der Waals surface area contributed by atoms with Gasteiger partial charge in [0, 0.05) is 57.0 Å². The number of aromatic nitrogens is 1. The molecule has 3 fully saturated rings. The lowest BCUT2D eigenvalue weighted by Gasteiger charge is -2.41. The minimum absolute atomic E-state index is 0.0960. The summed E-state index contributed by atoms with van der Waals surface area (Å²) in [5, 5.41) is 0. The molecule has 3 aliphatic heterocycles. The zero-order chi connectivity index (χ0) is 17.3. The summed E-state index contributed by atoms with van der Waals surface area (Å²) < 4.78 is 11.6. The Labute approximate surface area is 149 Å². The highest BCUT2D eigenvalue weighted by molar-refractivity contribution is 5.78. The van der Waals surface area contributed by atoms with E-state index in [9.17, 15) is 4.79 Å². The Morgan fingerprint density at radius 2 is 2.36 bits per heavy atom. The van der Waals surface area contributed by atoms with Crippen LogP contribution in [0.25, 0.3) is 0 Å². The minimum atomic E-state index is -0.0960. The van der Waals surface area contributed by atoms with Crippen LogP contribution in [-0.4, -0.2) is 65.7 Å². The first kappa shape index (κ1) is 16.8. The molecule has 1 aromatic heterocycles. The molecular weight excluding hydrogens is 318 g/mol. The van der Waals surface area contributed by atoms with Crippen LogP contribution in [0.5, 0.6) is 5.88 Å². The van der Waals surface area contributed by atoms with Crippen LogP contribution in [0.2, 0.25) is 0 Å². The number of likely N-dealkylation sites (tertiary alicyclic amines) is 2. The van der Waals surface area contributed by atoms with Crippen LogP contribution in [0.15, 0.2) is 18.3 Å². The average Bonchev–Trinajstić information content (AvgIpc) is 3.22. The quantitative estimate of drug-likeness (QED) is 0.833. The smallest absolute Gasteiger partial charge is 0.222 e. The number of hydrogen-bond acceptors (Lipinski definition) is 5. The van der Waals surface area contributed by atoms with Crippen molar-refractivity contribution in [1.82, 2.24) is 14.8 Å². The second-order valence-electron chi connectivity index (χ2n) is 7.50. The zero-order valence-electron chi connectivity index (χ0n) is 14.9. The van der Waals surface area contributed by atoms with E-state index in [0.717, 1.165) is 70.5 Å². The van der Waals surface area contributed by atoms with E-state index in [1.807, 2.05) is 6.07 Å². The summed E-state index contributed by atoms with van der Waals surface area (Å²) in [4.78, 5) is 20.9. The number of amides is 1. The van der Waals surface area contributed by atoms with Gasteiger partial charge in [0.25, 0.3) is 0 Å². The van der Waals surface area contributed by atoms with Crippen LogP contribution < -0.4 is 4.74 Å². The first-order valence-corrected chi connectivity index (χ1v) is 9.33. The summed E-state index contributed by atoms with van der Waals surface area (Å²) in [6.07, 6.45) is 6.47. The third-order valence-electron chi connectivity index (χ3n) is 5.85. The van der Waals surface area contributed by atoms with E-state index in [1.165, 1.54) is 0 Å². The Balaban J connectivity index is 1.41. The molecule has 0 saturated carbocycles. The van der Waals surface area contributed by atoms with Crippen molar-refractivity contribution in [2.45, 2.75) is 50.3 Å². The van der Waals surface area contributed by atoms with Gasteiger partial charge in [-0.3, -0.25) is 9.69 Å². The van der Waals surface area contributed by atoms with Gasteiger partial charge in [0.1, 0.15) is 0 Å². The lowest BCUT2D eigenvalue weighted by molar-refractivity contribution is -0.137. The lowest BCUT2D eigenvalue weighted by Crippen LogP contribution is -2.50. The fourth-order valence-corrected chi connectivity index (χ4v) is 4.64. The van der Waals surface area contributed by atoms with Crippen molar-refractivity contribution in [2.75, 3.05) is 33.4 Å². The maximum atomic E-state index is 12.1. The van der Waals surface area contributed by atoms with Gasteiger partial charge in [-0.05, 0) is 31.7 Å². The maximum absolute atomic E-state index is 12.1. The van der Waals surface area contributed by atoms with Crippen molar-refractivity contribution < 1.29 is 14.3 Å². The fraction of sp³-hybridized carbons (Fsp3) is 0.684. The number of carbonyl (C=O) groups is 1. The van der Waals surface area contributed by atoms with Gasteiger partial charge < -0.3 is 14.4 Å². The van der Waals surface area contributed by atoms with Crippen molar-refractivity contribution in [3.63, 3.8) is 0 Å². The van der Waals surface area contributed by atoms with E-state index >= 15 is 0 Å². The molecule has 4 heterocycles. The number of methoxy groups -OCH3 is 1. The van der Waals surface area contributed by atoms with E-state index in [0.29, 0.717) is 17.8 Å². The van der Waals surface area contributed by atoms with E-state index in [1.54, 1.807) is 13.3 Å². The predicted molar refractivity (Wildman–Crippen MR) is 93.3 cm³/mol. The fourth-order valence-electron chi connectivity index (χ4n) is 4.64. The number of hydrogen-bond donors (Lipinski definition) is 0. The highest BCUT2D eigenvalue weighted by Crippen LogP contribution is 2.37. The van der Waals surface area contributed by atoms with Crippen molar-refractivity contribution in [2.24, 2.45) is 0 Å². The Hall–Kier alpha value is -1.66. The second-order valence-corrected chi connectivity index (χ2v) is 7.50. The standard InChI is InChI=1S/C19H27N3O3/c1-24-18-15(4-2-8-20-18)13-21-10-7-19(14-21)12-16(6-11-25-19)22-9-3-5-17(22)23/h2,4,8,16H,3,5-7,9-14H2,1H3/t16-,19+/m0/s1. The molecule has 0 aliphatic carbocycles. The van der Waals surface area contributed by atoms with E-state index in [4.69, 9.17) is 9.47 Å². The van der Waals surface area contributed by atoms with Crippen molar-refractivity contribution in [3.05, 3.63) is 23.9 Å². The molecule has 4 rings (SSSR count). The molecule has 3 aliphatic rings. The van der Waals surface area contributed by atoms with Gasteiger partial charge in [-0.1, -0.05) is 6.07 Å². The molecule has 25 heavy (non-hydrogen) atoms. The largest absolute Gasteiger partial charge is 0.481 e. The van der Waals surface area contributed by atoms with Crippen LogP contribution in [0.4, 0.5) is 0 Å². The number of ether oxygens (including phenoxy) is 2. The van der Waals surface area contributed by atoms with Gasteiger partial charge in [0.2, 0.25) is 11.8 Å². The van der Waals surface area contributed by atoms with Crippen LogP contribution in [-0.2, 0) is 16.1 Å². The van der Waals surface area contributed by atoms with E-state index < -0.39 is 0 Å². The third-order valence-corrected chi connectivity index (χ3v) is 5.85. The average molecular weight is 345 g/mol. The van der Waals surface area contributed by atoms with E-state index in [-0.39, 0.29) is 5.60 Å². The lowest BCUT2D eigenvalue weighted by atomic mass is 9.89. The summed E-state index contributed by atoms with van der Waals surface area (Å²) in [5.74, 6) is 1.03. The molecule has 3 saturated heterocycles. The molecule has 0 unspecified atom stereocenters. The second kappa shape index (κ2) is 6.92. The van der Waals surface area contributed by atoms with Gasteiger partial charge in [-0.15, -0.1) is 0 Å². The maximum Gasteiger partial charge on any atom is 0.222 e. The third kappa shape index (κ3) is 3.37. The van der Waals surface area contributed by atoms with Gasteiger partial charge in [-0.2, -0.15) is 0 Å². The van der Waals surface area contributed by atoms with Crippen molar-refractivity contribution in [3.8, 4) is 5.88 Å². The van der Waals surface area contributed by atoms with Gasteiger partial charge >= 0.3 is 0 Å². The number of nitrogens with zero attached hydrogens (tertiary/aromatic N) is 3. The van der Waals surface area contributed by atoms with Gasteiger partial charge in [-0.25, -0.2) is 4.98 Å². The van der Waals surface area contributed by atoms with Crippen LogP contribution in [0, 0.1) is 0 Å². The van der Waals surface area contributed by atoms with Crippen LogP contribution in [0.3, 0.4) is 0 Å². The zero-order valence-corrected chi connectivity index (χ0v) is 14.9. The predicted octanol–water partition coefficient (Wildman–Crippen LogP) is 1.84. The summed E-state index contributed by atoms with van der Waals surface area (Å²) in [6, 6.07) is 4.39. The molecule has 1 amide bonds. The van der Waals surface area contributed by atoms with Crippen molar-refractivity contribution in [1.29, 1.82) is 0 Å². The Morgan fingerprint density at radius 1 is 1.44 bits per heavy atom. The molecule has 6 heteroatoms. The number of rotatable bonds is 4. The summed E-state index contributed by atoms with van der Waals surface area (Å²) in [5.41, 5.74) is 1.02. The minimum Gasteiger partial charge on any atom is -0.481 e. The van der Waals surface area contributed by atoms with Gasteiger partial charge in [0.05, 0.1) is 12.7 Å². The summed E-state index contributed by atoms with van der Waals surface area (Å²) in [7, 11) is 1.67. The highest BCUT2D eigenvalue weighted by Gasteiger charge is 2.45. The van der Waals surface area contributed by atoms with Crippen LogP contribution in [0.1, 0.15) is 37.7 Å².